The van der Waals surface area contributed by atoms with Crippen molar-refractivity contribution in [3.8, 4) is 5.75 Å². The number of methoxy groups -OCH3 is 1. The van der Waals surface area contributed by atoms with Crippen LogP contribution >= 0.6 is 0 Å². The van der Waals surface area contributed by atoms with Crippen LogP contribution in [-0.4, -0.2) is 37.4 Å². The lowest BCUT2D eigenvalue weighted by Crippen LogP contribution is -2.47. The topological polar surface area (TPSA) is 87.7 Å². The average molecular weight is 409 g/mol. The summed E-state index contributed by atoms with van der Waals surface area (Å²) in [6, 6.07) is 13.3. The highest BCUT2D eigenvalue weighted by molar-refractivity contribution is 6.02. The number of carbonyl (C=O) groups is 3. The van der Waals surface area contributed by atoms with E-state index in [2.05, 4.69) is 10.6 Å². The molecule has 1 atom stereocenters. The van der Waals surface area contributed by atoms with Gasteiger partial charge in [0.15, 0.2) is 0 Å². The van der Waals surface area contributed by atoms with Crippen molar-refractivity contribution in [1.29, 1.82) is 0 Å². The molecule has 0 spiro atoms. The van der Waals surface area contributed by atoms with Gasteiger partial charge in [-0.3, -0.25) is 14.4 Å². The van der Waals surface area contributed by atoms with Crippen molar-refractivity contribution in [1.82, 2.24) is 5.32 Å². The predicted octanol–water partition coefficient (Wildman–Crippen LogP) is 3.22. The second kappa shape index (κ2) is 9.43. The summed E-state index contributed by atoms with van der Waals surface area (Å²) in [5, 5.41) is 5.65. The van der Waals surface area contributed by atoms with Crippen LogP contribution in [0.3, 0.4) is 0 Å². The van der Waals surface area contributed by atoms with E-state index in [0.29, 0.717) is 23.4 Å². The fourth-order valence-electron chi connectivity index (χ4n) is 3.45. The van der Waals surface area contributed by atoms with Crippen molar-refractivity contribution in [2.45, 2.75) is 32.7 Å². The molecule has 2 aromatic rings. The number of nitrogens with one attached hydrogen (secondary N) is 2. The summed E-state index contributed by atoms with van der Waals surface area (Å²) in [5.74, 6) is -0.233. The van der Waals surface area contributed by atoms with E-state index in [9.17, 15) is 14.4 Å². The number of nitrogens with zero attached hydrogens (tertiary/aromatic N) is 1. The minimum absolute atomic E-state index is 0.116. The van der Waals surface area contributed by atoms with Crippen LogP contribution in [0.4, 0.5) is 11.4 Å². The molecule has 7 nitrogen and oxygen atoms in total. The van der Waals surface area contributed by atoms with E-state index in [1.165, 1.54) is 7.11 Å². The summed E-state index contributed by atoms with van der Waals surface area (Å²) in [4.78, 5) is 39.2. The molecule has 3 amide bonds. The molecule has 2 N–H and O–H groups in total. The quantitative estimate of drug-likeness (QED) is 0.735. The first-order valence-electron chi connectivity index (χ1n) is 10.1. The lowest BCUT2D eigenvalue weighted by atomic mass is 10.0. The molecular weight excluding hydrogens is 382 g/mol. The zero-order chi connectivity index (χ0) is 21.7. The summed E-state index contributed by atoms with van der Waals surface area (Å²) in [6.07, 6.45) is 1.43. The highest BCUT2D eigenvalue weighted by Crippen LogP contribution is 2.23. The first-order valence-corrected chi connectivity index (χ1v) is 10.1. The Kier molecular flexibility index (Phi) is 6.72. The van der Waals surface area contributed by atoms with Gasteiger partial charge in [-0.2, -0.15) is 0 Å². The maximum Gasteiger partial charge on any atom is 0.255 e. The summed E-state index contributed by atoms with van der Waals surface area (Å²) >= 11 is 0. The number of hydrogen-bond acceptors (Lipinski definition) is 4. The molecule has 0 bridgehead atoms. The molecule has 30 heavy (non-hydrogen) atoms. The lowest BCUT2D eigenvalue weighted by molar-refractivity contribution is -0.119. The van der Waals surface area contributed by atoms with Crippen molar-refractivity contribution in [3.63, 3.8) is 0 Å². The Balaban J connectivity index is 1.68. The van der Waals surface area contributed by atoms with Gasteiger partial charge < -0.3 is 20.3 Å². The minimum Gasteiger partial charge on any atom is -0.496 e. The van der Waals surface area contributed by atoms with Gasteiger partial charge in [0.1, 0.15) is 11.8 Å². The van der Waals surface area contributed by atoms with Gasteiger partial charge in [-0.05, 0) is 48.7 Å². The summed E-state index contributed by atoms with van der Waals surface area (Å²) in [7, 11) is 1.50. The Hall–Kier alpha value is -3.35. The summed E-state index contributed by atoms with van der Waals surface area (Å²) < 4.78 is 5.24. The van der Waals surface area contributed by atoms with Crippen molar-refractivity contribution >= 4 is 29.1 Å². The number of ether oxygens (including phenoxy) is 1. The number of anilines is 2. The molecule has 1 heterocycles. The van der Waals surface area contributed by atoms with Gasteiger partial charge in [0, 0.05) is 24.3 Å². The smallest absolute Gasteiger partial charge is 0.255 e. The Bertz CT molecular complexity index is 924. The standard InChI is InChI=1S/C23H27N3O4/c1-15(2)21(25-22(28)18-7-4-5-8-19(18)30-3)23(29)24-16-10-12-17(13-11-16)26-14-6-9-20(26)27/h4-5,7-8,10-13,15,21H,6,9,14H2,1-3H3,(H,24,29)(H,25,28)/t21-/m0/s1. The van der Waals surface area contributed by atoms with E-state index in [4.69, 9.17) is 4.74 Å². The van der Waals surface area contributed by atoms with E-state index < -0.39 is 6.04 Å². The molecule has 1 aliphatic heterocycles. The van der Waals surface area contributed by atoms with E-state index >= 15 is 0 Å². The lowest BCUT2D eigenvalue weighted by Gasteiger charge is -2.22. The second-order valence-corrected chi connectivity index (χ2v) is 7.58. The van der Waals surface area contributed by atoms with Gasteiger partial charge in [-0.15, -0.1) is 0 Å². The molecule has 0 unspecified atom stereocenters. The molecule has 158 valence electrons. The Labute approximate surface area is 176 Å². The number of carbonyl (C=O) groups excluding carboxylic acids is 3. The van der Waals surface area contributed by atoms with Gasteiger partial charge >= 0.3 is 0 Å². The van der Waals surface area contributed by atoms with Crippen LogP contribution in [0.5, 0.6) is 5.75 Å². The highest BCUT2D eigenvalue weighted by atomic mass is 16.5. The molecule has 0 aliphatic carbocycles. The van der Waals surface area contributed by atoms with E-state index in [1.807, 2.05) is 26.0 Å². The average Bonchev–Trinajstić information content (AvgIpc) is 3.17. The third kappa shape index (κ3) is 4.79. The van der Waals surface area contributed by atoms with Crippen molar-refractivity contribution in [2.75, 3.05) is 23.9 Å². The maximum absolute atomic E-state index is 12.8. The fraction of sp³-hybridized carbons (Fsp3) is 0.348. The molecule has 3 rings (SSSR count). The molecule has 2 aromatic carbocycles. The maximum atomic E-state index is 12.8. The van der Waals surface area contributed by atoms with Gasteiger partial charge in [-0.25, -0.2) is 0 Å². The molecule has 1 aliphatic rings. The van der Waals surface area contributed by atoms with Crippen LogP contribution in [0.2, 0.25) is 0 Å². The molecule has 1 saturated heterocycles. The number of benzene rings is 2. The summed E-state index contributed by atoms with van der Waals surface area (Å²) in [5.41, 5.74) is 1.80. The molecule has 7 heteroatoms. The van der Waals surface area contributed by atoms with Crippen LogP contribution < -0.4 is 20.3 Å². The van der Waals surface area contributed by atoms with Crippen LogP contribution in [0.1, 0.15) is 37.0 Å². The highest BCUT2D eigenvalue weighted by Gasteiger charge is 2.26. The van der Waals surface area contributed by atoms with Crippen molar-refractivity contribution in [2.24, 2.45) is 5.92 Å². The van der Waals surface area contributed by atoms with Gasteiger partial charge in [0.05, 0.1) is 12.7 Å². The number of amides is 3. The number of hydrogen-bond donors (Lipinski definition) is 2. The summed E-state index contributed by atoms with van der Waals surface area (Å²) in [6.45, 7) is 4.46. The fourth-order valence-corrected chi connectivity index (χ4v) is 3.45. The third-order valence-electron chi connectivity index (χ3n) is 5.11. The third-order valence-corrected chi connectivity index (χ3v) is 5.11. The first kappa shape index (κ1) is 21.4. The monoisotopic (exact) mass is 409 g/mol. The molecule has 0 aromatic heterocycles. The van der Waals surface area contributed by atoms with Gasteiger partial charge in [0.2, 0.25) is 11.8 Å². The minimum atomic E-state index is -0.720. The molecule has 1 fully saturated rings. The molecular formula is C23H27N3O4. The largest absolute Gasteiger partial charge is 0.496 e. The van der Waals surface area contributed by atoms with Crippen LogP contribution in [0.25, 0.3) is 0 Å². The van der Waals surface area contributed by atoms with Crippen LogP contribution in [0.15, 0.2) is 48.5 Å². The Morgan fingerprint density at radius 1 is 1.07 bits per heavy atom. The number of rotatable bonds is 7. The van der Waals surface area contributed by atoms with Gasteiger partial charge in [0.25, 0.3) is 5.91 Å². The Morgan fingerprint density at radius 3 is 2.37 bits per heavy atom. The van der Waals surface area contributed by atoms with Crippen LogP contribution in [-0.2, 0) is 9.59 Å². The first-order chi connectivity index (χ1) is 14.4. The molecule has 0 radical (unpaired) electrons. The normalized spacial score (nSPS) is 14.5. The molecule has 0 saturated carbocycles. The van der Waals surface area contributed by atoms with Crippen molar-refractivity contribution < 1.29 is 19.1 Å². The van der Waals surface area contributed by atoms with E-state index in [1.54, 1.807) is 41.3 Å². The zero-order valence-electron chi connectivity index (χ0n) is 17.5. The second-order valence-electron chi connectivity index (χ2n) is 7.58. The zero-order valence-corrected chi connectivity index (χ0v) is 17.5. The number of para-hydroxylation sites is 1. The van der Waals surface area contributed by atoms with Crippen molar-refractivity contribution in [3.05, 3.63) is 54.1 Å². The van der Waals surface area contributed by atoms with Crippen LogP contribution in [0, 0.1) is 5.92 Å². The predicted molar refractivity (Wildman–Crippen MR) is 116 cm³/mol. The van der Waals surface area contributed by atoms with Gasteiger partial charge in [-0.1, -0.05) is 26.0 Å². The van der Waals surface area contributed by atoms with E-state index in [-0.39, 0.29) is 23.6 Å². The Morgan fingerprint density at radius 2 is 1.77 bits per heavy atom. The van der Waals surface area contributed by atoms with E-state index in [0.717, 1.165) is 18.7 Å². The SMILES string of the molecule is COc1ccccc1C(=O)N[C@H](C(=O)Nc1ccc(N2CCCC2=O)cc1)C(C)C.